The number of hydrogen-bond acceptors (Lipinski definition) is 12. The van der Waals surface area contributed by atoms with Gasteiger partial charge in [0, 0.05) is 19.6 Å². The molecule has 7 rings (SSSR count). The fourth-order valence-corrected chi connectivity index (χ4v) is 10.4. The lowest BCUT2D eigenvalue weighted by molar-refractivity contribution is -0.388. The molecular formula is C45H59NO12Si. The number of hydrogen-bond donors (Lipinski definition) is 0. The summed E-state index contributed by atoms with van der Waals surface area (Å²) in [5, 5.41) is -0.105. The number of ether oxygens (including phenoxy) is 9. The van der Waals surface area contributed by atoms with Crippen LogP contribution in [0.2, 0.25) is 18.1 Å². The Morgan fingerprint density at radius 1 is 0.814 bits per heavy atom. The maximum absolute atomic E-state index is 13.4. The molecule has 3 aromatic rings. The fourth-order valence-electron chi connectivity index (χ4n) is 8.09. The molecule has 3 aromatic carbocycles. The molecule has 11 atom stereocenters. The number of carbonyl (C=O) groups is 2. The molecule has 0 saturated carbocycles. The van der Waals surface area contributed by atoms with Crippen LogP contribution in [0.1, 0.15) is 57.6 Å². The first-order chi connectivity index (χ1) is 28.3. The lowest BCUT2D eigenvalue weighted by Gasteiger charge is -2.51. The van der Waals surface area contributed by atoms with E-state index in [1.165, 1.54) is 14.0 Å². The van der Waals surface area contributed by atoms with Crippen LogP contribution < -0.4 is 0 Å². The van der Waals surface area contributed by atoms with E-state index in [0.29, 0.717) is 5.92 Å². The van der Waals surface area contributed by atoms with Crippen molar-refractivity contribution in [3.05, 3.63) is 108 Å². The van der Waals surface area contributed by atoms with Gasteiger partial charge in [-0.25, -0.2) is 9.69 Å². The molecule has 0 unspecified atom stereocenters. The number of amides is 2. The van der Waals surface area contributed by atoms with E-state index in [1.807, 2.05) is 91.0 Å². The summed E-state index contributed by atoms with van der Waals surface area (Å²) in [7, 11) is -0.931. The van der Waals surface area contributed by atoms with Crippen molar-refractivity contribution < 1.29 is 56.6 Å². The average molecular weight is 834 g/mol. The predicted octanol–water partition coefficient (Wildman–Crippen LogP) is 7.15. The Labute approximate surface area is 348 Å². The first-order valence-electron chi connectivity index (χ1n) is 20.6. The molecule has 4 fully saturated rings. The van der Waals surface area contributed by atoms with Gasteiger partial charge in [-0.05, 0) is 35.2 Å². The first kappa shape index (κ1) is 43.5. The number of benzene rings is 3. The molecule has 4 aliphatic rings. The number of methoxy groups -OCH3 is 1. The minimum absolute atomic E-state index is 0.105. The molecule has 2 amide bonds. The van der Waals surface area contributed by atoms with Crippen LogP contribution in [0.3, 0.4) is 0 Å². The topological polar surface area (TPSA) is 130 Å². The van der Waals surface area contributed by atoms with Crippen molar-refractivity contribution in [2.45, 2.75) is 134 Å². The van der Waals surface area contributed by atoms with E-state index in [1.54, 1.807) is 0 Å². The van der Waals surface area contributed by atoms with Gasteiger partial charge in [0.05, 0.1) is 26.4 Å². The molecule has 4 aliphatic heterocycles. The zero-order valence-electron chi connectivity index (χ0n) is 35.3. The Morgan fingerprint density at radius 2 is 1.41 bits per heavy atom. The molecule has 4 heterocycles. The molecule has 320 valence electrons. The lowest BCUT2D eigenvalue weighted by Crippen LogP contribution is -2.67. The Morgan fingerprint density at radius 3 is 1.98 bits per heavy atom. The Bertz CT molecular complexity index is 1830. The van der Waals surface area contributed by atoms with Crippen molar-refractivity contribution in [2.75, 3.05) is 20.3 Å². The van der Waals surface area contributed by atoms with Gasteiger partial charge in [-0.1, -0.05) is 119 Å². The van der Waals surface area contributed by atoms with Gasteiger partial charge < -0.3 is 47.1 Å². The third-order valence-corrected chi connectivity index (χ3v) is 17.3. The highest BCUT2D eigenvalue weighted by atomic mass is 28.4. The maximum atomic E-state index is 13.4. The summed E-state index contributed by atoms with van der Waals surface area (Å²) < 4.78 is 65.8. The van der Waals surface area contributed by atoms with Crippen LogP contribution in [-0.2, 0) is 65.1 Å². The molecule has 59 heavy (non-hydrogen) atoms. The van der Waals surface area contributed by atoms with Gasteiger partial charge in [0.1, 0.15) is 42.7 Å². The Kier molecular flexibility index (Phi) is 13.7. The van der Waals surface area contributed by atoms with Crippen LogP contribution >= 0.6 is 0 Å². The minimum atomic E-state index is -2.40. The van der Waals surface area contributed by atoms with Crippen molar-refractivity contribution in [3.8, 4) is 0 Å². The largest absolute Gasteiger partial charge is 0.440 e. The van der Waals surface area contributed by atoms with Gasteiger partial charge in [-0.15, -0.1) is 0 Å². The van der Waals surface area contributed by atoms with E-state index in [-0.39, 0.29) is 31.5 Å². The second-order valence-electron chi connectivity index (χ2n) is 17.0. The lowest BCUT2D eigenvalue weighted by atomic mass is 9.94. The zero-order chi connectivity index (χ0) is 41.9. The van der Waals surface area contributed by atoms with Gasteiger partial charge in [-0.2, -0.15) is 0 Å². The van der Waals surface area contributed by atoms with E-state index in [4.69, 9.17) is 47.1 Å². The second kappa shape index (κ2) is 18.6. The zero-order valence-corrected chi connectivity index (χ0v) is 36.3. The molecule has 0 N–H and O–H groups in total. The van der Waals surface area contributed by atoms with E-state index in [9.17, 15) is 9.59 Å². The fraction of sp³-hybridized carbons (Fsp3) is 0.556. The van der Waals surface area contributed by atoms with E-state index in [2.05, 4.69) is 40.8 Å². The summed E-state index contributed by atoms with van der Waals surface area (Å²) in [6.07, 6.45) is -9.27. The molecule has 13 nitrogen and oxygen atoms in total. The molecule has 0 aromatic heterocycles. The van der Waals surface area contributed by atoms with E-state index < -0.39 is 88.0 Å². The van der Waals surface area contributed by atoms with Crippen LogP contribution in [0.25, 0.3) is 0 Å². The summed E-state index contributed by atoms with van der Waals surface area (Å²) >= 11 is 0. The number of rotatable bonds is 15. The predicted molar refractivity (Wildman–Crippen MR) is 218 cm³/mol. The highest BCUT2D eigenvalue weighted by Gasteiger charge is 2.61. The van der Waals surface area contributed by atoms with Crippen molar-refractivity contribution in [1.29, 1.82) is 0 Å². The van der Waals surface area contributed by atoms with Crippen molar-refractivity contribution in [2.24, 2.45) is 5.92 Å². The van der Waals surface area contributed by atoms with Crippen LogP contribution in [0, 0.1) is 5.92 Å². The summed E-state index contributed by atoms with van der Waals surface area (Å²) in [4.78, 5) is 27.4. The standard InChI is InChI=1S/C45H59NO12Si/c1-28(2)45(4,5)59(7,8)53-27-34-36(38-35(42(49-6)54-34)46(29(3)47)44(48)58-38)57-43-40(51-25-31-20-14-10-15-21-31)39(50-24-30-18-12-9-13-19-30)37-33(55-43)26-52-41(56-37)32-22-16-11-17-23-32/h9-23,28,33-43H,24-27H2,1-8H3/t33-,34-,35-,36-,37-,38-,39+,40-,41-,42-,43-/m1/s1. The Balaban J connectivity index is 1.25. The van der Waals surface area contributed by atoms with E-state index in [0.717, 1.165) is 21.6 Å². The molecule has 0 aliphatic carbocycles. The summed E-state index contributed by atoms with van der Waals surface area (Å²) in [6.45, 7) is 15.3. The average Bonchev–Trinajstić information content (AvgIpc) is 3.59. The second-order valence-corrected chi connectivity index (χ2v) is 21.6. The van der Waals surface area contributed by atoms with Crippen LogP contribution in [-0.4, -0.2) is 107 Å². The summed E-state index contributed by atoms with van der Waals surface area (Å²) in [5.41, 5.74) is 2.76. The molecule has 0 radical (unpaired) electrons. The molecular weight excluding hydrogens is 775 g/mol. The van der Waals surface area contributed by atoms with Gasteiger partial charge in [0.25, 0.3) is 0 Å². The van der Waals surface area contributed by atoms with Gasteiger partial charge >= 0.3 is 6.09 Å². The van der Waals surface area contributed by atoms with Gasteiger partial charge in [0.15, 0.2) is 33.3 Å². The van der Waals surface area contributed by atoms with E-state index >= 15 is 0 Å². The van der Waals surface area contributed by atoms with Crippen LogP contribution in [0.4, 0.5) is 4.79 Å². The third kappa shape index (κ3) is 9.37. The normalized spacial score (nSPS) is 31.1. The number of nitrogens with zero attached hydrogens (tertiary/aromatic N) is 1. The van der Waals surface area contributed by atoms with Crippen molar-refractivity contribution >= 4 is 20.3 Å². The number of imide groups is 1. The van der Waals surface area contributed by atoms with Gasteiger partial charge in [0.2, 0.25) is 5.91 Å². The molecule has 14 heteroatoms. The number of carbonyl (C=O) groups excluding carboxylic acids is 2. The van der Waals surface area contributed by atoms with Crippen molar-refractivity contribution in [1.82, 2.24) is 4.90 Å². The van der Waals surface area contributed by atoms with Crippen LogP contribution in [0.5, 0.6) is 0 Å². The Hall–Kier alpha value is -3.54. The number of fused-ring (bicyclic) bond motifs is 2. The van der Waals surface area contributed by atoms with Gasteiger partial charge in [-0.3, -0.25) is 4.79 Å². The highest BCUT2D eigenvalue weighted by Crippen LogP contribution is 2.46. The maximum Gasteiger partial charge on any atom is 0.417 e. The SMILES string of the molecule is CO[C@@H]1O[C@H](CO[Si](C)(C)C(C)(C)C(C)C)[C@@H](O[C@H]2O[C@@H]3CO[C@@H](c4ccccc4)O[C@H]3[C@H](OCc3ccccc3)[C@H]2OCc2ccccc2)[C@@H]2OC(=O)N(C(C)=O)[C@@H]12. The van der Waals surface area contributed by atoms with Crippen molar-refractivity contribution in [3.63, 3.8) is 0 Å². The van der Waals surface area contributed by atoms with Crippen LogP contribution in [0.15, 0.2) is 91.0 Å². The monoisotopic (exact) mass is 833 g/mol. The quantitative estimate of drug-likeness (QED) is 0.144. The third-order valence-electron chi connectivity index (χ3n) is 12.7. The molecule has 4 saturated heterocycles. The summed E-state index contributed by atoms with van der Waals surface area (Å²) in [5.74, 6) is -0.159. The smallest absolute Gasteiger partial charge is 0.417 e. The highest BCUT2D eigenvalue weighted by molar-refractivity contribution is 6.74. The summed E-state index contributed by atoms with van der Waals surface area (Å²) in [6, 6.07) is 28.5. The minimum Gasteiger partial charge on any atom is -0.440 e. The first-order valence-corrected chi connectivity index (χ1v) is 23.5. The molecule has 0 spiro atoms. The molecule has 0 bridgehead atoms.